The lowest BCUT2D eigenvalue weighted by Gasteiger charge is -2.21. The Bertz CT molecular complexity index is 1640. The van der Waals surface area contributed by atoms with E-state index >= 15 is 0 Å². The molecule has 0 saturated carbocycles. The number of ether oxygens (including phenoxy) is 3. The predicted molar refractivity (Wildman–Crippen MR) is 316 cm³/mol. The lowest BCUT2D eigenvalue weighted by Crippen LogP contribution is -2.30. The second kappa shape index (κ2) is 57.6. The highest BCUT2D eigenvalue weighted by Gasteiger charge is 2.28. The van der Waals surface area contributed by atoms with Crippen molar-refractivity contribution in [3.8, 4) is 0 Å². The van der Waals surface area contributed by atoms with Crippen molar-refractivity contribution in [1.82, 2.24) is 0 Å². The van der Waals surface area contributed by atoms with Gasteiger partial charge < -0.3 is 24.2 Å². The zero-order chi connectivity index (χ0) is 55.5. The first-order valence-corrected chi connectivity index (χ1v) is 31.6. The van der Waals surface area contributed by atoms with Crippen molar-refractivity contribution in [2.75, 3.05) is 26.4 Å². The standard InChI is InChI=1S/C64H109O11P/c1-4-7-10-13-16-19-22-25-28-29-30-31-34-35-38-41-44-47-50-53-62(66)71-57-61(75-64(68)55-52-49-46-43-40-37-33-27-24-21-18-15-12-9-6-3)59-73-76(69,70)72-58-60(56-65)74-63(67)54-51-48-45-42-39-36-32-26-23-20-17-14-11-8-5-2/h7,9-10,12,16,18-19,21,25-28,30-33,60-61,65H,4-6,8,11,13-15,17,20,22-24,29,34-59H2,1-3H3,(H,69,70)/b10-7-,12-9-,19-16-,21-18-,28-25-,31-30-,32-26-,33-27-. The van der Waals surface area contributed by atoms with Crippen molar-refractivity contribution in [2.45, 2.75) is 264 Å². The van der Waals surface area contributed by atoms with Gasteiger partial charge in [0.25, 0.3) is 0 Å². The highest BCUT2D eigenvalue weighted by molar-refractivity contribution is 7.47. The molecule has 0 radical (unpaired) electrons. The normalized spacial score (nSPS) is 14.0. The zero-order valence-electron chi connectivity index (χ0n) is 48.2. The third-order valence-corrected chi connectivity index (χ3v) is 13.4. The number of aliphatic hydroxyl groups is 1. The van der Waals surface area contributed by atoms with Crippen molar-refractivity contribution in [1.29, 1.82) is 0 Å². The van der Waals surface area contributed by atoms with E-state index in [4.69, 9.17) is 23.3 Å². The number of carbonyl (C=O) groups is 3. The first-order chi connectivity index (χ1) is 37.2. The van der Waals surface area contributed by atoms with Crippen LogP contribution in [0.4, 0.5) is 0 Å². The molecule has 0 saturated heterocycles. The van der Waals surface area contributed by atoms with Crippen LogP contribution >= 0.6 is 7.82 Å². The molecule has 2 N–H and O–H groups in total. The largest absolute Gasteiger partial charge is 0.472 e. The van der Waals surface area contributed by atoms with Crippen LogP contribution in [0, 0.1) is 0 Å². The van der Waals surface area contributed by atoms with Crippen LogP contribution in [-0.4, -0.2) is 66.5 Å². The Morgan fingerprint density at radius 2 is 0.684 bits per heavy atom. The monoisotopic (exact) mass is 1080 g/mol. The van der Waals surface area contributed by atoms with Crippen LogP contribution in [0.25, 0.3) is 0 Å². The Kier molecular flexibility index (Phi) is 54.8. The fourth-order valence-electron chi connectivity index (χ4n) is 7.94. The maximum Gasteiger partial charge on any atom is 0.472 e. The Morgan fingerprint density at radius 1 is 0.382 bits per heavy atom. The van der Waals surface area contributed by atoms with Gasteiger partial charge >= 0.3 is 25.7 Å². The van der Waals surface area contributed by atoms with E-state index in [2.05, 4.69) is 118 Å². The lowest BCUT2D eigenvalue weighted by atomic mass is 10.1. The Morgan fingerprint density at radius 3 is 1.07 bits per heavy atom. The van der Waals surface area contributed by atoms with Crippen LogP contribution in [0.5, 0.6) is 0 Å². The first kappa shape index (κ1) is 72.4. The topological polar surface area (TPSA) is 155 Å². The first-order valence-electron chi connectivity index (χ1n) is 30.1. The van der Waals surface area contributed by atoms with Gasteiger partial charge in [0.15, 0.2) is 6.10 Å². The summed E-state index contributed by atoms with van der Waals surface area (Å²) in [4.78, 5) is 48.6. The number of carbonyl (C=O) groups excluding carboxylic acids is 3. The minimum atomic E-state index is -4.76. The third kappa shape index (κ3) is 55.2. The fourth-order valence-corrected chi connectivity index (χ4v) is 8.73. The summed E-state index contributed by atoms with van der Waals surface area (Å²) in [5, 5.41) is 9.83. The molecule has 11 nitrogen and oxygen atoms in total. The molecule has 0 aliphatic carbocycles. The lowest BCUT2D eigenvalue weighted by molar-refractivity contribution is -0.161. The number of phosphoric ester groups is 1. The van der Waals surface area contributed by atoms with E-state index < -0.39 is 57.8 Å². The van der Waals surface area contributed by atoms with Crippen LogP contribution in [0.1, 0.15) is 252 Å². The average Bonchev–Trinajstić information content (AvgIpc) is 3.41. The van der Waals surface area contributed by atoms with Gasteiger partial charge in [-0.25, -0.2) is 4.57 Å². The summed E-state index contributed by atoms with van der Waals surface area (Å²) in [7, 11) is -4.76. The summed E-state index contributed by atoms with van der Waals surface area (Å²) < 4.78 is 39.6. The molecular formula is C64H109O11P. The van der Waals surface area contributed by atoms with Gasteiger partial charge in [0, 0.05) is 19.3 Å². The highest BCUT2D eigenvalue weighted by atomic mass is 31.2. The van der Waals surface area contributed by atoms with Gasteiger partial charge in [0.1, 0.15) is 12.7 Å². The van der Waals surface area contributed by atoms with E-state index in [9.17, 15) is 28.9 Å². The summed E-state index contributed by atoms with van der Waals surface area (Å²) in [5.41, 5.74) is 0. The van der Waals surface area contributed by atoms with Gasteiger partial charge in [-0.05, 0) is 116 Å². The quantitative estimate of drug-likeness (QED) is 0.0197. The van der Waals surface area contributed by atoms with E-state index in [-0.39, 0.29) is 25.9 Å². The van der Waals surface area contributed by atoms with Crippen LogP contribution in [0.2, 0.25) is 0 Å². The predicted octanol–water partition coefficient (Wildman–Crippen LogP) is 18.0. The van der Waals surface area contributed by atoms with Crippen LogP contribution in [0.3, 0.4) is 0 Å². The number of rotatable bonds is 55. The number of phosphoric acid groups is 1. The second-order valence-electron chi connectivity index (χ2n) is 19.7. The molecule has 12 heteroatoms. The minimum absolute atomic E-state index is 0.140. The van der Waals surface area contributed by atoms with Crippen LogP contribution in [0.15, 0.2) is 97.2 Å². The number of esters is 3. The summed E-state index contributed by atoms with van der Waals surface area (Å²) in [6.07, 6.45) is 67.9. The number of aliphatic hydroxyl groups excluding tert-OH is 1. The molecule has 0 spiro atoms. The SMILES string of the molecule is CC/C=C\C/C=C\C/C=C\C/C=C\CCCCCCCCC(=O)OCC(COP(=O)(O)OCC(CO)OC(=O)CCCCCCC/C=C\CCCCCCCC)OC(=O)CCCCCCC/C=C\C/C=C\C/C=C\CC. The summed E-state index contributed by atoms with van der Waals surface area (Å²) in [5.74, 6) is -1.51. The van der Waals surface area contributed by atoms with Crippen molar-refractivity contribution in [3.63, 3.8) is 0 Å². The van der Waals surface area contributed by atoms with Gasteiger partial charge in [-0.2, -0.15) is 0 Å². The Hall–Kier alpha value is -3.60. The van der Waals surface area contributed by atoms with Gasteiger partial charge in [-0.15, -0.1) is 0 Å². The molecule has 0 heterocycles. The van der Waals surface area contributed by atoms with Gasteiger partial charge in [0.05, 0.1) is 19.8 Å². The maximum absolute atomic E-state index is 12.9. The average molecular weight is 1090 g/mol. The molecule has 0 rings (SSSR count). The number of hydrogen-bond donors (Lipinski definition) is 2. The molecular weight excluding hydrogens is 976 g/mol. The van der Waals surface area contributed by atoms with Crippen molar-refractivity contribution in [3.05, 3.63) is 97.2 Å². The summed E-state index contributed by atoms with van der Waals surface area (Å²) in [6.45, 7) is 4.38. The molecule has 0 aliphatic heterocycles. The van der Waals surface area contributed by atoms with Crippen molar-refractivity contribution < 1.29 is 52.2 Å². The Balaban J connectivity index is 4.76. The van der Waals surface area contributed by atoms with E-state index in [0.29, 0.717) is 19.3 Å². The second-order valence-corrected chi connectivity index (χ2v) is 21.2. The van der Waals surface area contributed by atoms with Gasteiger partial charge in [-0.3, -0.25) is 23.4 Å². The summed E-state index contributed by atoms with van der Waals surface area (Å²) in [6, 6.07) is 0. The molecule has 0 bridgehead atoms. The highest BCUT2D eigenvalue weighted by Crippen LogP contribution is 2.43. The van der Waals surface area contributed by atoms with Gasteiger partial charge in [-0.1, -0.05) is 214 Å². The van der Waals surface area contributed by atoms with E-state index in [1.165, 1.54) is 38.5 Å². The molecule has 0 aromatic rings. The molecule has 3 unspecified atom stereocenters. The summed E-state index contributed by atoms with van der Waals surface area (Å²) >= 11 is 0. The number of allylic oxidation sites excluding steroid dienone is 16. The van der Waals surface area contributed by atoms with Crippen LogP contribution in [-0.2, 0) is 42.2 Å². The Labute approximate surface area is 463 Å². The van der Waals surface area contributed by atoms with E-state index in [0.717, 1.165) is 154 Å². The van der Waals surface area contributed by atoms with Gasteiger partial charge in [0.2, 0.25) is 0 Å². The molecule has 0 amide bonds. The maximum atomic E-state index is 12.9. The van der Waals surface area contributed by atoms with E-state index in [1.54, 1.807) is 0 Å². The molecule has 0 aromatic carbocycles. The third-order valence-electron chi connectivity index (χ3n) is 12.5. The molecule has 0 aromatic heterocycles. The molecule has 0 fully saturated rings. The molecule has 76 heavy (non-hydrogen) atoms. The molecule has 3 atom stereocenters. The zero-order valence-corrected chi connectivity index (χ0v) is 49.1. The number of unbranched alkanes of at least 4 members (excludes halogenated alkanes) is 22. The van der Waals surface area contributed by atoms with E-state index in [1.807, 2.05) is 0 Å². The van der Waals surface area contributed by atoms with Crippen LogP contribution < -0.4 is 0 Å². The fraction of sp³-hybridized carbons (Fsp3) is 0.703. The smallest absolute Gasteiger partial charge is 0.462 e. The van der Waals surface area contributed by atoms with Crippen molar-refractivity contribution in [2.24, 2.45) is 0 Å². The van der Waals surface area contributed by atoms with Crippen molar-refractivity contribution >= 4 is 25.7 Å². The molecule has 436 valence electrons. The molecule has 0 aliphatic rings. The number of hydrogen-bond acceptors (Lipinski definition) is 10. The minimum Gasteiger partial charge on any atom is -0.462 e.